The standard InChI is InChI=1S/C22H17ClN4O3S2/c1-2-32(29,30)26-22(18-8-9-19(23)31-18)11-12-27(21(22)28)20-10-7-16(14-25-20)17-6-4-3-5-15(17)13-24/h2-10,14,26H,1,11-12H2/t22-/m1/s1. The van der Waals surface area contributed by atoms with Crippen LogP contribution >= 0.6 is 22.9 Å². The van der Waals surface area contributed by atoms with Gasteiger partial charge >= 0.3 is 0 Å². The number of nitriles is 1. The molecular formula is C22H17ClN4O3S2. The Kier molecular flexibility index (Phi) is 5.88. The first-order chi connectivity index (χ1) is 15.3. The number of rotatable bonds is 6. The lowest BCUT2D eigenvalue weighted by Gasteiger charge is -2.27. The van der Waals surface area contributed by atoms with Crippen LogP contribution in [0, 0.1) is 11.3 Å². The quantitative estimate of drug-likeness (QED) is 0.569. The first kappa shape index (κ1) is 22.2. The Hall–Kier alpha value is -3.03. The van der Waals surface area contributed by atoms with Gasteiger partial charge in [-0.05, 0) is 36.8 Å². The van der Waals surface area contributed by atoms with Crippen LogP contribution in [0.3, 0.4) is 0 Å². The molecule has 0 unspecified atom stereocenters. The minimum Gasteiger partial charge on any atom is -0.295 e. The van der Waals surface area contributed by atoms with Crippen molar-refractivity contribution in [2.45, 2.75) is 12.0 Å². The molecule has 1 aromatic carbocycles. The summed E-state index contributed by atoms with van der Waals surface area (Å²) < 4.78 is 27.6. The molecule has 2 aromatic heterocycles. The molecule has 4 rings (SSSR count). The number of hydrogen-bond acceptors (Lipinski definition) is 6. The van der Waals surface area contributed by atoms with Crippen molar-refractivity contribution in [2.24, 2.45) is 0 Å². The molecule has 0 bridgehead atoms. The molecule has 3 heterocycles. The highest BCUT2D eigenvalue weighted by atomic mass is 35.5. The summed E-state index contributed by atoms with van der Waals surface area (Å²) in [6.07, 6.45) is 1.80. The SMILES string of the molecule is C=CS(=O)(=O)N[C@@]1(c2ccc(Cl)s2)CCN(c2ccc(-c3ccccc3C#N)cn2)C1=O. The number of halogens is 1. The van der Waals surface area contributed by atoms with E-state index in [1.165, 1.54) is 4.90 Å². The molecule has 1 aliphatic rings. The van der Waals surface area contributed by atoms with E-state index in [4.69, 9.17) is 11.6 Å². The van der Waals surface area contributed by atoms with Gasteiger partial charge in [0.15, 0.2) is 0 Å². The van der Waals surface area contributed by atoms with Gasteiger partial charge in [-0.2, -0.15) is 9.98 Å². The van der Waals surface area contributed by atoms with Gasteiger partial charge < -0.3 is 0 Å². The minimum atomic E-state index is -3.91. The number of aromatic nitrogens is 1. The highest BCUT2D eigenvalue weighted by Gasteiger charge is 2.51. The lowest BCUT2D eigenvalue weighted by Crippen LogP contribution is -2.50. The summed E-state index contributed by atoms with van der Waals surface area (Å²) in [4.78, 5) is 19.9. The van der Waals surface area contributed by atoms with Crippen molar-refractivity contribution in [3.63, 3.8) is 0 Å². The Balaban J connectivity index is 1.69. The fraction of sp³-hybridized carbons (Fsp3) is 0.136. The van der Waals surface area contributed by atoms with Crippen LogP contribution in [0.5, 0.6) is 0 Å². The average molecular weight is 485 g/mol. The Morgan fingerprint density at radius 3 is 2.66 bits per heavy atom. The summed E-state index contributed by atoms with van der Waals surface area (Å²) in [5, 5.41) is 10.1. The number of nitrogens with zero attached hydrogens (tertiary/aromatic N) is 3. The van der Waals surface area contributed by atoms with Gasteiger partial charge in [-0.1, -0.05) is 36.4 Å². The monoisotopic (exact) mass is 484 g/mol. The molecule has 3 aromatic rings. The van der Waals surface area contributed by atoms with Gasteiger partial charge in [0.2, 0.25) is 10.0 Å². The average Bonchev–Trinajstić information content (AvgIpc) is 3.38. The number of benzene rings is 1. The van der Waals surface area contributed by atoms with Crippen LogP contribution in [-0.2, 0) is 20.4 Å². The maximum atomic E-state index is 13.5. The van der Waals surface area contributed by atoms with Crippen molar-refractivity contribution in [3.05, 3.63) is 81.5 Å². The summed E-state index contributed by atoms with van der Waals surface area (Å²) in [7, 11) is -3.91. The summed E-state index contributed by atoms with van der Waals surface area (Å²) >= 11 is 7.21. The molecule has 1 N–H and O–H groups in total. The first-order valence-corrected chi connectivity index (χ1v) is 12.2. The van der Waals surface area contributed by atoms with Crippen molar-refractivity contribution in [1.29, 1.82) is 5.26 Å². The van der Waals surface area contributed by atoms with E-state index in [1.807, 2.05) is 12.1 Å². The van der Waals surface area contributed by atoms with Gasteiger partial charge in [0.25, 0.3) is 5.91 Å². The van der Waals surface area contributed by atoms with Gasteiger partial charge in [-0.25, -0.2) is 13.4 Å². The number of pyridine rings is 1. The number of carbonyl (C=O) groups is 1. The van der Waals surface area contributed by atoms with Crippen LogP contribution in [0.4, 0.5) is 5.82 Å². The molecule has 32 heavy (non-hydrogen) atoms. The van der Waals surface area contributed by atoms with Crippen molar-refractivity contribution >= 4 is 44.7 Å². The van der Waals surface area contributed by atoms with E-state index in [0.717, 1.165) is 27.9 Å². The fourth-order valence-corrected chi connectivity index (χ4v) is 5.82. The number of hydrogen-bond donors (Lipinski definition) is 1. The molecule has 1 atom stereocenters. The first-order valence-electron chi connectivity index (χ1n) is 9.49. The molecule has 1 fully saturated rings. The Labute approximate surface area is 194 Å². The fourth-order valence-electron chi connectivity index (χ4n) is 3.68. The van der Waals surface area contributed by atoms with Crippen LogP contribution < -0.4 is 9.62 Å². The summed E-state index contributed by atoms with van der Waals surface area (Å²) in [5.41, 5.74) is 0.509. The van der Waals surface area contributed by atoms with E-state index >= 15 is 0 Å². The van der Waals surface area contributed by atoms with Gasteiger partial charge in [0.05, 0.1) is 16.0 Å². The Morgan fingerprint density at radius 2 is 2.03 bits per heavy atom. The molecule has 1 amide bonds. The second kappa shape index (κ2) is 8.48. The molecule has 0 saturated carbocycles. The molecule has 0 spiro atoms. The summed E-state index contributed by atoms with van der Waals surface area (Å²) in [5.74, 6) is -0.0605. The predicted octanol–water partition coefficient (Wildman–Crippen LogP) is 4.03. The zero-order chi connectivity index (χ0) is 22.9. The zero-order valence-corrected chi connectivity index (χ0v) is 19.0. The van der Waals surface area contributed by atoms with Gasteiger partial charge in [-0.15, -0.1) is 11.3 Å². The van der Waals surface area contributed by atoms with Gasteiger partial charge in [0.1, 0.15) is 11.4 Å². The van der Waals surface area contributed by atoms with E-state index in [2.05, 4.69) is 22.4 Å². The number of amides is 1. The minimum absolute atomic E-state index is 0.205. The molecule has 162 valence electrons. The molecule has 7 nitrogen and oxygen atoms in total. The Bertz CT molecular complexity index is 1350. The maximum Gasteiger partial charge on any atom is 0.254 e. The van der Waals surface area contributed by atoms with E-state index in [9.17, 15) is 18.5 Å². The largest absolute Gasteiger partial charge is 0.295 e. The lowest BCUT2D eigenvalue weighted by atomic mass is 9.97. The second-order valence-corrected chi connectivity index (χ2v) is 10.4. The normalized spacial score (nSPS) is 18.5. The third kappa shape index (κ3) is 3.94. The highest BCUT2D eigenvalue weighted by molar-refractivity contribution is 7.92. The van der Waals surface area contributed by atoms with E-state index in [-0.39, 0.29) is 13.0 Å². The third-order valence-electron chi connectivity index (χ3n) is 5.23. The second-order valence-electron chi connectivity index (χ2n) is 7.09. The third-order valence-corrected chi connectivity index (χ3v) is 7.70. The van der Waals surface area contributed by atoms with Crippen LogP contribution in [0.2, 0.25) is 4.34 Å². The van der Waals surface area contributed by atoms with Crippen LogP contribution in [-0.4, -0.2) is 25.9 Å². The lowest BCUT2D eigenvalue weighted by molar-refractivity contribution is -0.122. The topological polar surface area (TPSA) is 103 Å². The van der Waals surface area contributed by atoms with Crippen molar-refractivity contribution in [2.75, 3.05) is 11.4 Å². The Morgan fingerprint density at radius 1 is 1.25 bits per heavy atom. The molecular weight excluding hydrogens is 468 g/mol. The van der Waals surface area contributed by atoms with Gasteiger partial charge in [-0.3, -0.25) is 9.69 Å². The predicted molar refractivity (Wildman–Crippen MR) is 125 cm³/mol. The van der Waals surface area contributed by atoms with Crippen LogP contribution in [0.1, 0.15) is 16.9 Å². The molecule has 1 saturated heterocycles. The molecule has 0 radical (unpaired) electrons. The number of carbonyl (C=O) groups excluding carboxylic acids is 1. The number of anilines is 1. The molecule has 10 heteroatoms. The summed E-state index contributed by atoms with van der Waals surface area (Å²) in [6.45, 7) is 3.59. The van der Waals surface area contributed by atoms with E-state index in [0.29, 0.717) is 20.6 Å². The highest BCUT2D eigenvalue weighted by Crippen LogP contribution is 2.41. The zero-order valence-electron chi connectivity index (χ0n) is 16.7. The molecule has 0 aliphatic carbocycles. The van der Waals surface area contributed by atoms with Crippen LogP contribution in [0.15, 0.2) is 66.7 Å². The molecule has 1 aliphatic heterocycles. The number of nitrogens with one attached hydrogen (secondary N) is 1. The van der Waals surface area contributed by atoms with Crippen LogP contribution in [0.25, 0.3) is 11.1 Å². The summed E-state index contributed by atoms with van der Waals surface area (Å²) in [6, 6.07) is 16.1. The van der Waals surface area contributed by atoms with Crippen molar-refractivity contribution in [1.82, 2.24) is 9.71 Å². The van der Waals surface area contributed by atoms with Crippen molar-refractivity contribution < 1.29 is 13.2 Å². The smallest absolute Gasteiger partial charge is 0.254 e. The maximum absolute atomic E-state index is 13.5. The number of sulfonamides is 1. The van der Waals surface area contributed by atoms with E-state index in [1.54, 1.807) is 42.6 Å². The number of thiophene rings is 1. The van der Waals surface area contributed by atoms with E-state index < -0.39 is 21.5 Å². The van der Waals surface area contributed by atoms with Crippen molar-refractivity contribution in [3.8, 4) is 17.2 Å². The van der Waals surface area contributed by atoms with Gasteiger partial charge in [0, 0.05) is 34.2 Å².